The van der Waals surface area contributed by atoms with E-state index in [-0.39, 0.29) is 11.7 Å². The fraction of sp³-hybridized carbons (Fsp3) is 0.308. The Morgan fingerprint density at radius 1 is 1.03 bits per heavy atom. The van der Waals surface area contributed by atoms with Gasteiger partial charge < -0.3 is 20.1 Å². The largest absolute Gasteiger partial charge is 0.493 e. The van der Waals surface area contributed by atoms with Crippen LogP contribution in [0.1, 0.15) is 43.2 Å². The van der Waals surface area contributed by atoms with Crippen LogP contribution in [0.3, 0.4) is 0 Å². The summed E-state index contributed by atoms with van der Waals surface area (Å²) in [5.41, 5.74) is 5.41. The van der Waals surface area contributed by atoms with Crippen molar-refractivity contribution in [3.8, 4) is 11.5 Å². The van der Waals surface area contributed by atoms with Gasteiger partial charge in [-0.05, 0) is 56.0 Å². The van der Waals surface area contributed by atoms with Crippen molar-refractivity contribution in [3.05, 3.63) is 76.1 Å². The summed E-state index contributed by atoms with van der Waals surface area (Å²) in [6.45, 7) is 3.84. The number of aryl methyl sites for hydroxylation is 1. The van der Waals surface area contributed by atoms with Crippen LogP contribution in [0.25, 0.3) is 0 Å². The van der Waals surface area contributed by atoms with Crippen molar-refractivity contribution >= 4 is 17.4 Å². The number of dihydropyridines is 1. The van der Waals surface area contributed by atoms with Gasteiger partial charge in [0.15, 0.2) is 17.3 Å². The Bertz CT molecular complexity index is 1150. The normalized spacial score (nSPS) is 18.1. The minimum absolute atomic E-state index is 0.0761. The first-order valence-electron chi connectivity index (χ1n) is 10.8. The molecule has 32 heavy (non-hydrogen) atoms. The minimum Gasteiger partial charge on any atom is -0.493 e. The van der Waals surface area contributed by atoms with Crippen LogP contribution in [0.15, 0.2) is 65.0 Å². The highest BCUT2D eigenvalue weighted by atomic mass is 16.5. The maximum atomic E-state index is 13.6. The van der Waals surface area contributed by atoms with Crippen LogP contribution in [0, 0.1) is 6.92 Å². The number of para-hydroxylation sites is 1. The first-order chi connectivity index (χ1) is 15.4. The summed E-state index contributed by atoms with van der Waals surface area (Å²) < 4.78 is 10.9. The second-order valence-corrected chi connectivity index (χ2v) is 8.15. The Hall–Kier alpha value is -3.54. The van der Waals surface area contributed by atoms with E-state index >= 15 is 0 Å². The van der Waals surface area contributed by atoms with Gasteiger partial charge in [-0.3, -0.25) is 9.59 Å². The highest BCUT2D eigenvalue weighted by molar-refractivity contribution is 6.10. The fourth-order valence-electron chi connectivity index (χ4n) is 4.55. The fourth-order valence-corrected chi connectivity index (χ4v) is 4.55. The predicted octanol–water partition coefficient (Wildman–Crippen LogP) is 4.62. The van der Waals surface area contributed by atoms with Gasteiger partial charge in [-0.1, -0.05) is 24.3 Å². The number of benzene rings is 2. The van der Waals surface area contributed by atoms with Gasteiger partial charge >= 0.3 is 0 Å². The van der Waals surface area contributed by atoms with E-state index in [0.717, 1.165) is 41.1 Å². The van der Waals surface area contributed by atoms with Crippen molar-refractivity contribution in [1.29, 1.82) is 0 Å². The van der Waals surface area contributed by atoms with Crippen molar-refractivity contribution in [2.75, 3.05) is 19.5 Å². The van der Waals surface area contributed by atoms with Gasteiger partial charge in [-0.15, -0.1) is 0 Å². The number of hydrogen-bond acceptors (Lipinski definition) is 5. The highest BCUT2D eigenvalue weighted by Crippen LogP contribution is 2.44. The van der Waals surface area contributed by atoms with Gasteiger partial charge in [0.05, 0.1) is 14.2 Å². The first kappa shape index (κ1) is 21.7. The standard InChI is InChI=1S/C26H28N2O4/c1-15-8-5-6-9-18(15)28-26(30)23-16(2)27-19-10-7-11-20(29)25(19)24(23)17-12-13-21(31-3)22(14-17)32-4/h5-6,8-9,12-14,24,27H,7,10-11H2,1-4H3,(H,28,30)/t24-/m1/s1. The van der Waals surface area contributed by atoms with E-state index in [0.29, 0.717) is 29.1 Å². The number of hydrogen-bond donors (Lipinski definition) is 2. The Labute approximate surface area is 188 Å². The zero-order valence-electron chi connectivity index (χ0n) is 18.9. The second kappa shape index (κ2) is 8.91. The number of methoxy groups -OCH3 is 2. The van der Waals surface area contributed by atoms with Gasteiger partial charge in [0.1, 0.15) is 0 Å². The van der Waals surface area contributed by atoms with E-state index in [9.17, 15) is 9.59 Å². The number of allylic oxidation sites excluding steroid dienone is 3. The maximum absolute atomic E-state index is 13.6. The molecule has 6 nitrogen and oxygen atoms in total. The SMILES string of the molecule is COc1ccc([C@@H]2C(C(=O)Nc3ccccc3C)=C(C)NC3=C2C(=O)CCC3)cc1OC. The molecular formula is C26H28N2O4. The number of amides is 1. The number of ether oxygens (including phenoxy) is 2. The van der Waals surface area contributed by atoms with Crippen molar-refractivity contribution in [3.63, 3.8) is 0 Å². The van der Waals surface area contributed by atoms with Crippen LogP contribution in [0.5, 0.6) is 11.5 Å². The van der Waals surface area contributed by atoms with Crippen LogP contribution < -0.4 is 20.1 Å². The molecule has 0 spiro atoms. The lowest BCUT2D eigenvalue weighted by Crippen LogP contribution is -2.35. The molecule has 0 fully saturated rings. The average molecular weight is 433 g/mol. The molecule has 2 aliphatic rings. The predicted molar refractivity (Wildman–Crippen MR) is 124 cm³/mol. The van der Waals surface area contributed by atoms with Crippen LogP contribution in [-0.2, 0) is 9.59 Å². The van der Waals surface area contributed by atoms with Crippen LogP contribution in [0.2, 0.25) is 0 Å². The zero-order chi connectivity index (χ0) is 22.8. The van der Waals surface area contributed by atoms with Gasteiger partial charge in [0.2, 0.25) is 0 Å². The molecule has 0 aromatic heterocycles. The number of rotatable bonds is 5. The molecule has 2 aromatic rings. The maximum Gasteiger partial charge on any atom is 0.254 e. The van der Waals surface area contributed by atoms with Gasteiger partial charge in [-0.25, -0.2) is 0 Å². The first-order valence-corrected chi connectivity index (χ1v) is 10.8. The van der Waals surface area contributed by atoms with Gasteiger partial charge in [0, 0.05) is 40.6 Å². The number of Topliss-reactive ketones (excluding diaryl/α,β-unsaturated/α-hetero) is 1. The monoisotopic (exact) mass is 432 g/mol. The van der Waals surface area contributed by atoms with E-state index in [1.54, 1.807) is 14.2 Å². The number of carbonyl (C=O) groups is 2. The molecule has 0 bridgehead atoms. The Balaban J connectivity index is 1.83. The second-order valence-electron chi connectivity index (χ2n) is 8.15. The van der Waals surface area contributed by atoms with Crippen molar-refractivity contribution in [2.24, 2.45) is 0 Å². The van der Waals surface area contributed by atoms with Crippen LogP contribution in [-0.4, -0.2) is 25.9 Å². The summed E-state index contributed by atoms with van der Waals surface area (Å²) in [6, 6.07) is 13.2. The number of nitrogens with one attached hydrogen (secondary N) is 2. The third-order valence-corrected chi connectivity index (χ3v) is 6.15. The van der Waals surface area contributed by atoms with E-state index in [1.165, 1.54) is 0 Å². The third kappa shape index (κ3) is 3.88. The van der Waals surface area contributed by atoms with Gasteiger partial charge in [-0.2, -0.15) is 0 Å². The summed E-state index contributed by atoms with van der Waals surface area (Å²) >= 11 is 0. The highest BCUT2D eigenvalue weighted by Gasteiger charge is 2.38. The zero-order valence-corrected chi connectivity index (χ0v) is 18.9. The van der Waals surface area contributed by atoms with Crippen molar-refractivity contribution < 1.29 is 19.1 Å². The summed E-state index contributed by atoms with van der Waals surface area (Å²) in [4.78, 5) is 26.6. The lowest BCUT2D eigenvalue weighted by atomic mass is 9.75. The van der Waals surface area contributed by atoms with E-state index < -0.39 is 5.92 Å². The minimum atomic E-state index is -0.483. The summed E-state index contributed by atoms with van der Waals surface area (Å²) in [5.74, 6) is 0.523. The molecule has 0 unspecified atom stereocenters. The Kier molecular flexibility index (Phi) is 6.04. The van der Waals surface area contributed by atoms with Crippen molar-refractivity contribution in [2.45, 2.75) is 39.0 Å². The van der Waals surface area contributed by atoms with Crippen LogP contribution in [0.4, 0.5) is 5.69 Å². The molecule has 0 saturated heterocycles. The summed E-state index contributed by atoms with van der Waals surface area (Å²) in [6.07, 6.45) is 2.08. The Morgan fingerprint density at radius 2 is 1.78 bits per heavy atom. The Morgan fingerprint density at radius 3 is 2.50 bits per heavy atom. The molecule has 0 radical (unpaired) electrons. The third-order valence-electron chi connectivity index (χ3n) is 6.15. The van der Waals surface area contributed by atoms with Crippen molar-refractivity contribution in [1.82, 2.24) is 5.32 Å². The molecule has 1 amide bonds. The number of carbonyl (C=O) groups excluding carboxylic acids is 2. The summed E-state index contributed by atoms with van der Waals surface area (Å²) in [5, 5.41) is 6.40. The molecule has 2 aromatic carbocycles. The quantitative estimate of drug-likeness (QED) is 0.721. The number of ketones is 1. The number of anilines is 1. The average Bonchev–Trinajstić information content (AvgIpc) is 2.79. The molecule has 6 heteroatoms. The van der Waals surface area contributed by atoms with Crippen LogP contribution >= 0.6 is 0 Å². The molecular weight excluding hydrogens is 404 g/mol. The molecule has 1 heterocycles. The lowest BCUT2D eigenvalue weighted by Gasteiger charge is -2.34. The molecule has 4 rings (SSSR count). The molecule has 166 valence electrons. The summed E-state index contributed by atoms with van der Waals surface area (Å²) in [7, 11) is 3.16. The van der Waals surface area contributed by atoms with E-state index in [1.807, 2.05) is 56.3 Å². The molecule has 1 aliphatic heterocycles. The molecule has 1 atom stereocenters. The van der Waals surface area contributed by atoms with Gasteiger partial charge in [0.25, 0.3) is 5.91 Å². The molecule has 0 saturated carbocycles. The topological polar surface area (TPSA) is 76.7 Å². The molecule has 2 N–H and O–H groups in total. The lowest BCUT2D eigenvalue weighted by molar-refractivity contribution is -0.116. The van der Waals surface area contributed by atoms with E-state index in [2.05, 4.69) is 10.6 Å². The van der Waals surface area contributed by atoms with E-state index in [4.69, 9.17) is 9.47 Å². The smallest absolute Gasteiger partial charge is 0.254 e. The molecule has 1 aliphatic carbocycles.